The van der Waals surface area contributed by atoms with Gasteiger partial charge in [0.1, 0.15) is 19.3 Å². The van der Waals surface area contributed by atoms with Gasteiger partial charge in [-0.05, 0) is 31.6 Å². The Morgan fingerprint density at radius 1 is 0.333 bits per heavy atom. The van der Waals surface area contributed by atoms with Gasteiger partial charge in [0, 0.05) is 25.7 Å². The van der Waals surface area contributed by atoms with Crippen molar-refractivity contribution in [2.45, 2.75) is 348 Å². The Morgan fingerprint density at radius 3 is 0.845 bits per heavy atom. The first-order valence-electron chi connectivity index (χ1n) is 34.2. The van der Waals surface area contributed by atoms with E-state index in [1.807, 2.05) is 0 Å². The molecule has 3 unspecified atom stereocenters. The number of carbonyl (C=O) groups excluding carboxylic acids is 4. The van der Waals surface area contributed by atoms with E-state index in [9.17, 15) is 43.2 Å². The number of esters is 4. The molecule has 0 aliphatic heterocycles. The van der Waals surface area contributed by atoms with Crippen LogP contribution in [0.2, 0.25) is 0 Å². The van der Waals surface area contributed by atoms with Gasteiger partial charge in [-0.2, -0.15) is 0 Å². The molecule has 0 spiro atoms. The molecule has 0 bridgehead atoms. The van der Waals surface area contributed by atoms with Gasteiger partial charge in [0.05, 0.1) is 26.4 Å². The highest BCUT2D eigenvalue weighted by atomic mass is 31.2. The second-order valence-corrected chi connectivity index (χ2v) is 26.7. The first-order chi connectivity index (χ1) is 40.6. The minimum atomic E-state index is -4.94. The molecule has 0 rings (SSSR count). The lowest BCUT2D eigenvalue weighted by Crippen LogP contribution is -2.30. The Morgan fingerprint density at radius 2 is 0.571 bits per heavy atom. The predicted molar refractivity (Wildman–Crippen MR) is 335 cm³/mol. The van der Waals surface area contributed by atoms with E-state index >= 15 is 0 Å². The Kier molecular flexibility index (Phi) is 57.4. The molecule has 0 fully saturated rings. The third-order valence-corrected chi connectivity index (χ3v) is 17.3. The highest BCUT2D eigenvalue weighted by molar-refractivity contribution is 7.47. The van der Waals surface area contributed by atoms with E-state index in [1.54, 1.807) is 0 Å². The van der Waals surface area contributed by atoms with Gasteiger partial charge in [-0.25, -0.2) is 9.13 Å². The van der Waals surface area contributed by atoms with Crippen molar-refractivity contribution >= 4 is 39.5 Å². The molecule has 0 aliphatic rings. The van der Waals surface area contributed by atoms with Crippen molar-refractivity contribution in [3.63, 3.8) is 0 Å². The molecule has 19 heteroatoms. The fraction of sp³-hybridized carbons (Fsp3) is 0.938. The van der Waals surface area contributed by atoms with Gasteiger partial charge in [-0.3, -0.25) is 37.3 Å². The number of rotatable bonds is 65. The normalized spacial score (nSPS) is 14.5. The number of carbonyl (C=O) groups is 4. The maximum atomic E-state index is 13.0. The summed E-state index contributed by atoms with van der Waals surface area (Å²) in [5.74, 6) is -1.34. The van der Waals surface area contributed by atoms with Gasteiger partial charge in [0.15, 0.2) is 12.2 Å². The van der Waals surface area contributed by atoms with Crippen molar-refractivity contribution in [2.75, 3.05) is 39.6 Å². The second-order valence-electron chi connectivity index (χ2n) is 23.7. The van der Waals surface area contributed by atoms with Gasteiger partial charge in [0.25, 0.3) is 0 Å². The summed E-state index contributed by atoms with van der Waals surface area (Å²) in [6.07, 6.45) is 44.0. The van der Waals surface area contributed by atoms with Crippen molar-refractivity contribution in [3.05, 3.63) is 0 Å². The fourth-order valence-corrected chi connectivity index (χ4v) is 11.3. The number of hydrogen-bond acceptors (Lipinski definition) is 15. The van der Waals surface area contributed by atoms with Crippen LogP contribution in [0, 0.1) is 5.92 Å². The van der Waals surface area contributed by atoms with Crippen LogP contribution in [-0.2, 0) is 65.4 Å². The SMILES string of the molecule is CCCCCCCCCCCCCCCCCCCCCCC(=O)O[C@H](COC(=O)CCCCCCCCCCCCC(C)CC)COP(=O)(O)OC[C@@H](O)COP(=O)(O)OC[C@@H](COC(=O)CCCCCCC)OC(=O)CCCCCCC. The number of ether oxygens (including phenoxy) is 4. The summed E-state index contributed by atoms with van der Waals surface area (Å²) in [5, 5.41) is 10.5. The zero-order chi connectivity index (χ0) is 62.0. The Bertz CT molecular complexity index is 1640. The third-order valence-electron chi connectivity index (χ3n) is 15.4. The van der Waals surface area contributed by atoms with Crippen LogP contribution in [0.1, 0.15) is 330 Å². The molecule has 0 aromatic heterocycles. The van der Waals surface area contributed by atoms with E-state index in [4.69, 9.17) is 37.0 Å². The van der Waals surface area contributed by atoms with Crippen LogP contribution in [0.25, 0.3) is 0 Å². The highest BCUT2D eigenvalue weighted by Gasteiger charge is 2.30. The molecule has 0 saturated heterocycles. The van der Waals surface area contributed by atoms with Crippen LogP contribution < -0.4 is 0 Å². The molecule has 0 aromatic rings. The van der Waals surface area contributed by atoms with Crippen molar-refractivity contribution < 1.29 is 80.2 Å². The molecule has 498 valence electrons. The number of hydrogen-bond donors (Lipinski definition) is 3. The highest BCUT2D eigenvalue weighted by Crippen LogP contribution is 2.45. The molecule has 3 N–H and O–H groups in total. The Balaban J connectivity index is 5.06. The minimum absolute atomic E-state index is 0.0989. The van der Waals surface area contributed by atoms with Crippen LogP contribution in [-0.4, -0.2) is 96.7 Å². The van der Waals surface area contributed by atoms with E-state index in [-0.39, 0.29) is 25.7 Å². The first-order valence-corrected chi connectivity index (χ1v) is 37.2. The largest absolute Gasteiger partial charge is 0.472 e. The lowest BCUT2D eigenvalue weighted by molar-refractivity contribution is -0.161. The summed E-state index contributed by atoms with van der Waals surface area (Å²) >= 11 is 0. The van der Waals surface area contributed by atoms with Gasteiger partial charge in [-0.1, -0.05) is 279 Å². The molecular weight excluding hydrogens is 1110 g/mol. The number of aliphatic hydroxyl groups is 1. The monoisotopic (exact) mass is 1240 g/mol. The molecule has 0 aromatic carbocycles. The van der Waals surface area contributed by atoms with E-state index in [0.717, 1.165) is 102 Å². The molecular formula is C65H126O17P2. The topological polar surface area (TPSA) is 237 Å². The number of unbranched alkanes of at least 4 members (excludes halogenated alkanes) is 36. The van der Waals surface area contributed by atoms with E-state index in [1.165, 1.54) is 148 Å². The molecule has 17 nitrogen and oxygen atoms in total. The summed E-state index contributed by atoms with van der Waals surface area (Å²) in [7, 11) is -9.87. The Labute approximate surface area is 511 Å². The first kappa shape index (κ1) is 82.1. The van der Waals surface area contributed by atoms with E-state index in [2.05, 4.69) is 34.6 Å². The van der Waals surface area contributed by atoms with E-state index in [0.29, 0.717) is 25.7 Å². The third kappa shape index (κ3) is 57.8. The van der Waals surface area contributed by atoms with Gasteiger partial charge >= 0.3 is 39.5 Å². The van der Waals surface area contributed by atoms with Crippen LogP contribution in [0.4, 0.5) is 0 Å². The summed E-state index contributed by atoms with van der Waals surface area (Å²) in [5.41, 5.74) is 0. The smallest absolute Gasteiger partial charge is 0.462 e. The molecule has 6 atom stereocenters. The van der Waals surface area contributed by atoms with Gasteiger partial charge < -0.3 is 33.8 Å². The molecule has 0 saturated carbocycles. The maximum Gasteiger partial charge on any atom is 0.472 e. The van der Waals surface area contributed by atoms with E-state index < -0.39 is 97.5 Å². The van der Waals surface area contributed by atoms with Crippen LogP contribution in [0.5, 0.6) is 0 Å². The molecule has 0 aliphatic carbocycles. The zero-order valence-corrected chi connectivity index (χ0v) is 55.8. The van der Waals surface area contributed by atoms with Crippen molar-refractivity contribution in [1.82, 2.24) is 0 Å². The second kappa shape index (κ2) is 58.7. The summed E-state index contributed by atoms with van der Waals surface area (Å²) in [6.45, 7) is 7.04. The van der Waals surface area contributed by atoms with Gasteiger partial charge in [-0.15, -0.1) is 0 Å². The average Bonchev–Trinajstić information content (AvgIpc) is 3.49. The Hall–Kier alpha value is -1.94. The van der Waals surface area contributed by atoms with Crippen molar-refractivity contribution in [1.29, 1.82) is 0 Å². The van der Waals surface area contributed by atoms with Crippen LogP contribution in [0.15, 0.2) is 0 Å². The quantitative estimate of drug-likeness (QED) is 0.0222. The standard InChI is InChI=1S/C65H126O17P2/c1-6-10-13-16-17-18-19-20-21-22-23-24-25-26-27-28-33-36-41-46-51-65(70)82-61(55-76-63(68)49-44-40-35-32-30-29-31-34-39-42-47-58(5)9-4)57-80-84(73,74)78-53-59(66)52-77-83(71,72)79-56-60(81-64(69)50-45-38-15-12-8-3)54-75-62(67)48-43-37-14-11-7-2/h58-61,66H,6-57H2,1-5H3,(H,71,72)(H,73,74)/t58?,59-,60+,61+/m0/s1. The van der Waals surface area contributed by atoms with Crippen LogP contribution in [0.3, 0.4) is 0 Å². The summed E-state index contributed by atoms with van der Waals surface area (Å²) in [6, 6.07) is 0. The maximum absolute atomic E-state index is 13.0. The minimum Gasteiger partial charge on any atom is -0.462 e. The van der Waals surface area contributed by atoms with Crippen LogP contribution >= 0.6 is 15.6 Å². The fourth-order valence-electron chi connectivity index (χ4n) is 9.73. The molecule has 0 amide bonds. The lowest BCUT2D eigenvalue weighted by Gasteiger charge is -2.21. The van der Waals surface area contributed by atoms with Crippen molar-refractivity contribution in [2.24, 2.45) is 5.92 Å². The zero-order valence-electron chi connectivity index (χ0n) is 54.0. The lowest BCUT2D eigenvalue weighted by atomic mass is 9.99. The summed E-state index contributed by atoms with van der Waals surface area (Å²) < 4.78 is 67.6. The van der Waals surface area contributed by atoms with Gasteiger partial charge in [0.2, 0.25) is 0 Å². The molecule has 0 heterocycles. The number of aliphatic hydroxyl groups excluding tert-OH is 1. The number of phosphoric acid groups is 2. The number of phosphoric ester groups is 2. The predicted octanol–water partition coefficient (Wildman–Crippen LogP) is 18.2. The molecule has 84 heavy (non-hydrogen) atoms. The van der Waals surface area contributed by atoms with Crippen molar-refractivity contribution in [3.8, 4) is 0 Å². The summed E-state index contributed by atoms with van der Waals surface area (Å²) in [4.78, 5) is 71.7. The average molecular weight is 1240 g/mol. The molecule has 0 radical (unpaired) electrons.